The molecular formula is C16H24N4O. The van der Waals surface area contributed by atoms with E-state index in [0.717, 1.165) is 50.4 Å². The number of aromatic nitrogens is 1. The molecule has 0 aromatic carbocycles. The highest BCUT2D eigenvalue weighted by molar-refractivity contribution is 5.97. The van der Waals surface area contributed by atoms with Gasteiger partial charge in [0, 0.05) is 19.3 Å². The highest BCUT2D eigenvalue weighted by Crippen LogP contribution is 2.26. The Morgan fingerprint density at radius 2 is 2.10 bits per heavy atom. The van der Waals surface area contributed by atoms with Crippen molar-refractivity contribution in [2.24, 2.45) is 0 Å². The van der Waals surface area contributed by atoms with E-state index in [1.165, 1.54) is 19.3 Å². The molecular weight excluding hydrogens is 264 g/mol. The average molecular weight is 288 g/mol. The Balaban J connectivity index is 1.70. The zero-order valence-electron chi connectivity index (χ0n) is 12.5. The van der Waals surface area contributed by atoms with Crippen LogP contribution in [0.3, 0.4) is 0 Å². The number of nitrogens with one attached hydrogen (secondary N) is 2. The van der Waals surface area contributed by atoms with Crippen LogP contribution in [0.15, 0.2) is 18.3 Å². The van der Waals surface area contributed by atoms with Crippen LogP contribution in [0.1, 0.15) is 38.5 Å². The summed E-state index contributed by atoms with van der Waals surface area (Å²) in [5.41, 5.74) is 0.843. The number of carbonyl (C=O) groups is 1. The Hall–Kier alpha value is -1.62. The fraction of sp³-hybridized carbons (Fsp3) is 0.625. The van der Waals surface area contributed by atoms with Crippen molar-refractivity contribution in [2.75, 3.05) is 29.9 Å². The van der Waals surface area contributed by atoms with Crippen molar-refractivity contribution >= 4 is 17.4 Å². The Bertz CT molecular complexity index is 477. The Kier molecular flexibility index (Phi) is 4.70. The van der Waals surface area contributed by atoms with Crippen molar-refractivity contribution < 1.29 is 4.79 Å². The Labute approximate surface area is 126 Å². The van der Waals surface area contributed by atoms with Gasteiger partial charge in [-0.15, -0.1) is 0 Å². The second kappa shape index (κ2) is 6.89. The first kappa shape index (κ1) is 14.3. The van der Waals surface area contributed by atoms with E-state index < -0.39 is 0 Å². The molecule has 1 unspecified atom stereocenters. The van der Waals surface area contributed by atoms with E-state index in [4.69, 9.17) is 0 Å². The quantitative estimate of drug-likeness (QED) is 0.895. The van der Waals surface area contributed by atoms with Crippen LogP contribution < -0.4 is 15.5 Å². The van der Waals surface area contributed by atoms with Gasteiger partial charge in [-0.3, -0.25) is 4.79 Å². The van der Waals surface area contributed by atoms with Crippen molar-refractivity contribution in [3.8, 4) is 0 Å². The van der Waals surface area contributed by atoms with E-state index >= 15 is 0 Å². The topological polar surface area (TPSA) is 57.3 Å². The van der Waals surface area contributed by atoms with Crippen molar-refractivity contribution in [3.63, 3.8) is 0 Å². The summed E-state index contributed by atoms with van der Waals surface area (Å²) in [7, 11) is 0. The lowest BCUT2D eigenvalue weighted by atomic mass is 10.1. The summed E-state index contributed by atoms with van der Waals surface area (Å²) in [4.78, 5) is 19.2. The third-order valence-electron chi connectivity index (χ3n) is 4.33. The van der Waals surface area contributed by atoms with Gasteiger partial charge in [-0.2, -0.15) is 0 Å². The first-order valence-corrected chi connectivity index (χ1v) is 8.09. The molecule has 1 atom stereocenters. The Morgan fingerprint density at radius 1 is 1.24 bits per heavy atom. The van der Waals surface area contributed by atoms with Crippen LogP contribution in [0, 0.1) is 0 Å². The van der Waals surface area contributed by atoms with E-state index in [1.54, 1.807) is 6.20 Å². The molecule has 2 fully saturated rings. The molecule has 1 aromatic heterocycles. The van der Waals surface area contributed by atoms with Gasteiger partial charge in [-0.1, -0.05) is 12.8 Å². The predicted octanol–water partition coefficient (Wildman–Crippen LogP) is 2.15. The minimum Gasteiger partial charge on any atom is -0.355 e. The average Bonchev–Trinajstić information content (AvgIpc) is 2.89. The molecule has 5 heteroatoms. The van der Waals surface area contributed by atoms with Crippen molar-refractivity contribution in [2.45, 2.75) is 44.6 Å². The van der Waals surface area contributed by atoms with Crippen LogP contribution in [-0.2, 0) is 4.79 Å². The zero-order valence-corrected chi connectivity index (χ0v) is 12.5. The third kappa shape index (κ3) is 3.53. The molecule has 2 aliphatic rings. The molecule has 3 heterocycles. The van der Waals surface area contributed by atoms with E-state index in [9.17, 15) is 4.79 Å². The molecule has 0 saturated carbocycles. The maximum atomic E-state index is 12.5. The molecule has 2 saturated heterocycles. The fourth-order valence-electron chi connectivity index (χ4n) is 3.15. The summed E-state index contributed by atoms with van der Waals surface area (Å²) >= 11 is 0. The molecule has 1 amide bonds. The second-order valence-electron chi connectivity index (χ2n) is 5.91. The third-order valence-corrected chi connectivity index (χ3v) is 4.33. The van der Waals surface area contributed by atoms with Gasteiger partial charge in [-0.25, -0.2) is 4.98 Å². The van der Waals surface area contributed by atoms with Crippen LogP contribution in [0.25, 0.3) is 0 Å². The maximum absolute atomic E-state index is 12.5. The molecule has 0 aliphatic carbocycles. The normalized spacial score (nSPS) is 22.9. The lowest BCUT2D eigenvalue weighted by Gasteiger charge is -2.21. The van der Waals surface area contributed by atoms with Crippen LogP contribution in [0.4, 0.5) is 11.5 Å². The monoisotopic (exact) mass is 288 g/mol. The zero-order chi connectivity index (χ0) is 14.5. The van der Waals surface area contributed by atoms with Gasteiger partial charge in [0.1, 0.15) is 0 Å². The van der Waals surface area contributed by atoms with Gasteiger partial charge >= 0.3 is 0 Å². The SMILES string of the molecule is O=C(Nc1cccnc1N1CCCC1)C1CCCCCN1. The predicted molar refractivity (Wildman–Crippen MR) is 84.6 cm³/mol. The van der Waals surface area contributed by atoms with Crippen LogP contribution in [0.2, 0.25) is 0 Å². The van der Waals surface area contributed by atoms with Gasteiger partial charge in [0.05, 0.1) is 11.7 Å². The highest BCUT2D eigenvalue weighted by Gasteiger charge is 2.22. The van der Waals surface area contributed by atoms with Crippen LogP contribution >= 0.6 is 0 Å². The number of rotatable bonds is 3. The Morgan fingerprint density at radius 3 is 2.95 bits per heavy atom. The standard InChI is InChI=1S/C16H24N4O/c21-16(14-7-2-1-3-9-17-14)19-13-8-6-10-18-15(13)20-11-4-5-12-20/h6,8,10,14,17H,1-5,7,9,11-12H2,(H,19,21). The molecule has 2 N–H and O–H groups in total. The van der Waals surface area contributed by atoms with E-state index in [-0.39, 0.29) is 11.9 Å². The molecule has 114 valence electrons. The molecule has 0 radical (unpaired) electrons. The first-order valence-electron chi connectivity index (χ1n) is 8.09. The number of nitrogens with zero attached hydrogens (tertiary/aromatic N) is 2. The maximum Gasteiger partial charge on any atom is 0.241 e. The summed E-state index contributed by atoms with van der Waals surface area (Å²) in [5.74, 6) is 0.988. The first-order chi connectivity index (χ1) is 10.3. The minimum atomic E-state index is -0.0702. The van der Waals surface area contributed by atoms with Crippen LogP contribution in [0.5, 0.6) is 0 Å². The molecule has 21 heavy (non-hydrogen) atoms. The van der Waals surface area contributed by atoms with E-state index in [2.05, 4.69) is 20.5 Å². The lowest BCUT2D eigenvalue weighted by Crippen LogP contribution is -2.40. The molecule has 0 spiro atoms. The number of amides is 1. The minimum absolute atomic E-state index is 0.0702. The van der Waals surface area contributed by atoms with Gasteiger partial charge in [-0.05, 0) is 44.4 Å². The fourth-order valence-corrected chi connectivity index (χ4v) is 3.15. The molecule has 0 bridgehead atoms. The smallest absolute Gasteiger partial charge is 0.241 e. The largest absolute Gasteiger partial charge is 0.355 e. The van der Waals surface area contributed by atoms with Gasteiger partial charge in [0.15, 0.2) is 5.82 Å². The molecule has 1 aromatic rings. The number of hydrogen-bond acceptors (Lipinski definition) is 4. The van der Waals surface area contributed by atoms with Crippen molar-refractivity contribution in [1.29, 1.82) is 0 Å². The van der Waals surface area contributed by atoms with Gasteiger partial charge in [0.25, 0.3) is 0 Å². The molecule has 2 aliphatic heterocycles. The van der Waals surface area contributed by atoms with Gasteiger partial charge < -0.3 is 15.5 Å². The second-order valence-corrected chi connectivity index (χ2v) is 5.91. The van der Waals surface area contributed by atoms with Crippen molar-refractivity contribution in [3.05, 3.63) is 18.3 Å². The number of hydrogen-bond donors (Lipinski definition) is 2. The summed E-state index contributed by atoms with van der Waals surface area (Å²) in [5, 5.41) is 6.42. The summed E-state index contributed by atoms with van der Waals surface area (Å²) in [6.45, 7) is 2.99. The number of pyridine rings is 1. The van der Waals surface area contributed by atoms with Crippen molar-refractivity contribution in [1.82, 2.24) is 10.3 Å². The number of carbonyl (C=O) groups excluding carboxylic acids is 1. The summed E-state index contributed by atoms with van der Waals surface area (Å²) < 4.78 is 0. The summed E-state index contributed by atoms with van der Waals surface area (Å²) in [6.07, 6.45) is 8.62. The van der Waals surface area contributed by atoms with Gasteiger partial charge in [0.2, 0.25) is 5.91 Å². The lowest BCUT2D eigenvalue weighted by molar-refractivity contribution is -0.118. The van der Waals surface area contributed by atoms with Crippen LogP contribution in [-0.4, -0.2) is 36.6 Å². The van der Waals surface area contributed by atoms with E-state index in [1.807, 2.05) is 12.1 Å². The van der Waals surface area contributed by atoms with E-state index in [0.29, 0.717) is 0 Å². The molecule has 3 rings (SSSR count). The highest BCUT2D eigenvalue weighted by atomic mass is 16.2. The number of anilines is 2. The molecule has 5 nitrogen and oxygen atoms in total. The summed E-state index contributed by atoms with van der Waals surface area (Å²) in [6, 6.07) is 3.77.